The van der Waals surface area contributed by atoms with E-state index in [1.54, 1.807) is 6.07 Å². The first kappa shape index (κ1) is 15.8. The van der Waals surface area contributed by atoms with Gasteiger partial charge in [0.1, 0.15) is 6.04 Å². The molecule has 1 aliphatic heterocycles. The predicted octanol–water partition coefficient (Wildman–Crippen LogP) is 1.78. The lowest BCUT2D eigenvalue weighted by atomic mass is 10.1. The van der Waals surface area contributed by atoms with E-state index in [0.717, 1.165) is 0 Å². The van der Waals surface area contributed by atoms with Crippen molar-refractivity contribution < 1.29 is 19.5 Å². The molecular formula is C13H12BrClN2O4. The van der Waals surface area contributed by atoms with E-state index in [9.17, 15) is 14.4 Å². The summed E-state index contributed by atoms with van der Waals surface area (Å²) in [4.78, 5) is 35.9. The molecule has 2 rings (SSSR count). The van der Waals surface area contributed by atoms with E-state index in [2.05, 4.69) is 15.9 Å². The van der Waals surface area contributed by atoms with E-state index in [-0.39, 0.29) is 25.3 Å². The molecule has 0 aromatic heterocycles. The Bertz CT molecular complexity index is 635. The van der Waals surface area contributed by atoms with Crippen molar-refractivity contribution in [2.24, 2.45) is 5.73 Å². The van der Waals surface area contributed by atoms with Crippen LogP contribution in [-0.4, -0.2) is 33.8 Å². The van der Waals surface area contributed by atoms with Crippen LogP contribution in [0.25, 0.3) is 0 Å². The van der Waals surface area contributed by atoms with E-state index in [0.29, 0.717) is 20.6 Å². The monoisotopic (exact) mass is 374 g/mol. The van der Waals surface area contributed by atoms with E-state index < -0.39 is 17.9 Å². The summed E-state index contributed by atoms with van der Waals surface area (Å²) >= 11 is 9.24. The summed E-state index contributed by atoms with van der Waals surface area (Å²) in [5, 5.41) is 9.13. The van der Waals surface area contributed by atoms with Gasteiger partial charge in [-0.05, 0) is 24.1 Å². The van der Waals surface area contributed by atoms with Gasteiger partial charge in [0, 0.05) is 28.0 Å². The van der Waals surface area contributed by atoms with Crippen molar-refractivity contribution in [3.8, 4) is 0 Å². The third-order valence-corrected chi connectivity index (χ3v) is 4.24. The third kappa shape index (κ3) is 3.19. The van der Waals surface area contributed by atoms with Crippen molar-refractivity contribution in [3.05, 3.63) is 32.8 Å². The van der Waals surface area contributed by atoms with Crippen LogP contribution in [0.1, 0.15) is 28.8 Å². The highest BCUT2D eigenvalue weighted by Crippen LogP contribution is 2.34. The molecule has 1 atom stereocenters. The number of nitrogens with two attached hydrogens (primary N) is 1. The molecule has 8 heteroatoms. The van der Waals surface area contributed by atoms with E-state index in [4.69, 9.17) is 22.4 Å². The summed E-state index contributed by atoms with van der Waals surface area (Å²) in [5.74, 6) is -2.14. The summed E-state index contributed by atoms with van der Waals surface area (Å²) in [6.07, 6.45) is -0.259. The van der Waals surface area contributed by atoms with E-state index in [1.165, 1.54) is 11.0 Å². The lowest BCUT2D eigenvalue weighted by molar-refractivity contribution is -0.137. The lowest BCUT2D eigenvalue weighted by Gasteiger charge is -2.24. The zero-order valence-corrected chi connectivity index (χ0v) is 13.1. The van der Waals surface area contributed by atoms with Crippen molar-refractivity contribution in [3.63, 3.8) is 0 Å². The Morgan fingerprint density at radius 2 is 2.14 bits per heavy atom. The fraction of sp³-hybridized carbons (Fsp3) is 0.308. The number of hydrogen-bond acceptors (Lipinski definition) is 3. The Morgan fingerprint density at radius 3 is 2.71 bits per heavy atom. The number of halogens is 2. The Hall–Kier alpha value is -1.60. The van der Waals surface area contributed by atoms with E-state index in [1.807, 2.05) is 0 Å². The van der Waals surface area contributed by atoms with Crippen LogP contribution in [0.15, 0.2) is 16.6 Å². The molecule has 112 valence electrons. The normalized spacial score (nSPS) is 15.0. The first-order chi connectivity index (χ1) is 9.81. The van der Waals surface area contributed by atoms with Gasteiger partial charge >= 0.3 is 5.97 Å². The van der Waals surface area contributed by atoms with Crippen molar-refractivity contribution in [1.82, 2.24) is 4.90 Å². The van der Waals surface area contributed by atoms with Gasteiger partial charge in [-0.1, -0.05) is 27.5 Å². The number of fused-ring (bicyclic) bond motifs is 1. The van der Waals surface area contributed by atoms with Crippen LogP contribution >= 0.6 is 27.5 Å². The van der Waals surface area contributed by atoms with Gasteiger partial charge in [-0.25, -0.2) is 0 Å². The number of carbonyl (C=O) groups excluding carboxylic acids is 2. The number of benzene rings is 1. The fourth-order valence-electron chi connectivity index (χ4n) is 2.32. The van der Waals surface area contributed by atoms with Crippen molar-refractivity contribution in [2.75, 3.05) is 0 Å². The Balaban J connectivity index is 2.30. The van der Waals surface area contributed by atoms with Gasteiger partial charge in [-0.2, -0.15) is 0 Å². The standard InChI is InChI=1S/C13H12BrClN2O4/c14-9-4-6(15)3-7-8(9)5-17(13(7)21)10(12(16)20)1-2-11(18)19/h3-4,10H,1-2,5H2,(H2,16,20)(H,18,19). The number of carboxylic acids is 1. The van der Waals surface area contributed by atoms with Gasteiger partial charge in [0.05, 0.1) is 0 Å². The average Bonchev–Trinajstić information content (AvgIpc) is 2.68. The Kier molecular flexibility index (Phi) is 4.53. The molecule has 6 nitrogen and oxygen atoms in total. The van der Waals surface area contributed by atoms with Gasteiger partial charge in [0.15, 0.2) is 0 Å². The maximum Gasteiger partial charge on any atom is 0.303 e. The quantitative estimate of drug-likeness (QED) is 0.819. The van der Waals surface area contributed by atoms with Crippen LogP contribution in [0.4, 0.5) is 0 Å². The SMILES string of the molecule is NC(=O)C(CCC(=O)O)N1Cc2c(Br)cc(Cl)cc2C1=O. The first-order valence-electron chi connectivity index (χ1n) is 6.11. The van der Waals surface area contributed by atoms with Crippen LogP contribution in [-0.2, 0) is 16.1 Å². The summed E-state index contributed by atoms with van der Waals surface area (Å²) in [6, 6.07) is 2.24. The lowest BCUT2D eigenvalue weighted by Crippen LogP contribution is -2.45. The molecule has 3 N–H and O–H groups in total. The number of amides is 2. The molecule has 0 saturated carbocycles. The van der Waals surface area contributed by atoms with Crippen LogP contribution in [0.3, 0.4) is 0 Å². The fourth-order valence-corrected chi connectivity index (χ4v) is 3.25. The molecule has 0 spiro atoms. The molecule has 0 saturated heterocycles. The summed E-state index contributed by atoms with van der Waals surface area (Å²) < 4.78 is 0.669. The summed E-state index contributed by atoms with van der Waals surface area (Å²) in [6.45, 7) is 0.194. The Morgan fingerprint density at radius 1 is 1.48 bits per heavy atom. The zero-order valence-electron chi connectivity index (χ0n) is 10.8. The number of carboxylic acid groups (broad SMARTS) is 1. The highest BCUT2D eigenvalue weighted by molar-refractivity contribution is 9.10. The summed E-state index contributed by atoms with van der Waals surface area (Å²) in [7, 11) is 0. The first-order valence-corrected chi connectivity index (χ1v) is 7.28. The molecule has 1 heterocycles. The van der Waals surface area contributed by atoms with Crippen LogP contribution in [0.5, 0.6) is 0 Å². The second kappa shape index (κ2) is 6.03. The highest BCUT2D eigenvalue weighted by atomic mass is 79.9. The molecule has 1 aromatic rings. The van der Waals surface area contributed by atoms with Crippen molar-refractivity contribution in [1.29, 1.82) is 0 Å². The van der Waals surface area contributed by atoms with E-state index >= 15 is 0 Å². The molecule has 1 aromatic carbocycles. The molecule has 21 heavy (non-hydrogen) atoms. The predicted molar refractivity (Wildman–Crippen MR) is 78.9 cm³/mol. The molecule has 1 unspecified atom stereocenters. The van der Waals surface area contributed by atoms with Gasteiger partial charge in [-0.15, -0.1) is 0 Å². The van der Waals surface area contributed by atoms with Crippen molar-refractivity contribution in [2.45, 2.75) is 25.4 Å². The van der Waals surface area contributed by atoms with Gasteiger partial charge in [0.2, 0.25) is 5.91 Å². The number of primary amides is 1. The van der Waals surface area contributed by atoms with Crippen LogP contribution in [0.2, 0.25) is 5.02 Å². The number of nitrogens with zero attached hydrogens (tertiary/aromatic N) is 1. The second-order valence-corrected chi connectivity index (χ2v) is 5.99. The van der Waals surface area contributed by atoms with Crippen LogP contribution in [0, 0.1) is 0 Å². The summed E-state index contributed by atoms with van der Waals surface area (Å²) in [5.41, 5.74) is 6.42. The zero-order chi connectivity index (χ0) is 15.7. The number of carbonyl (C=O) groups is 3. The molecule has 0 radical (unpaired) electrons. The third-order valence-electron chi connectivity index (χ3n) is 3.32. The topological polar surface area (TPSA) is 101 Å². The minimum atomic E-state index is -1.05. The highest BCUT2D eigenvalue weighted by Gasteiger charge is 2.36. The minimum Gasteiger partial charge on any atom is -0.481 e. The smallest absolute Gasteiger partial charge is 0.303 e. The largest absolute Gasteiger partial charge is 0.481 e. The molecule has 1 aliphatic rings. The number of aliphatic carboxylic acids is 1. The minimum absolute atomic E-state index is 0.0181. The van der Waals surface area contributed by atoms with Crippen LogP contribution < -0.4 is 5.73 Å². The maximum atomic E-state index is 12.4. The molecule has 0 fully saturated rings. The molecular weight excluding hydrogens is 364 g/mol. The van der Waals surface area contributed by atoms with Gasteiger partial charge in [-0.3, -0.25) is 14.4 Å². The number of hydrogen-bond donors (Lipinski definition) is 2. The maximum absolute atomic E-state index is 12.4. The van der Waals surface area contributed by atoms with Crippen molar-refractivity contribution >= 4 is 45.3 Å². The van der Waals surface area contributed by atoms with Gasteiger partial charge in [0.25, 0.3) is 5.91 Å². The Labute approximate surface area is 134 Å². The second-order valence-electron chi connectivity index (χ2n) is 4.70. The number of rotatable bonds is 5. The molecule has 2 amide bonds. The molecule has 0 aliphatic carbocycles. The molecule has 0 bridgehead atoms. The van der Waals surface area contributed by atoms with Gasteiger partial charge < -0.3 is 15.7 Å². The average molecular weight is 376 g/mol.